The number of hydrogen-bond donors (Lipinski definition) is 1. The van der Waals surface area contributed by atoms with Gasteiger partial charge in [-0.25, -0.2) is 4.98 Å². The van der Waals surface area contributed by atoms with Gasteiger partial charge in [-0.05, 0) is 18.1 Å². The number of halogens is 1. The summed E-state index contributed by atoms with van der Waals surface area (Å²) >= 11 is 5.88. The summed E-state index contributed by atoms with van der Waals surface area (Å²) in [4.78, 5) is 29.6. The molecular weight excluding hydrogens is 304 g/mol. The zero-order chi connectivity index (χ0) is 16.3. The summed E-state index contributed by atoms with van der Waals surface area (Å²) in [5.41, 5.74) is 6.20. The SMILES string of the molecule is CC(C)CN(CC(N)=O)Cc1cc(=O)n2cc(Cl)ccc2n1. The van der Waals surface area contributed by atoms with E-state index in [-0.39, 0.29) is 12.1 Å². The van der Waals surface area contributed by atoms with Crippen LogP contribution in [0.2, 0.25) is 5.02 Å². The number of primary amides is 1. The summed E-state index contributed by atoms with van der Waals surface area (Å²) in [5.74, 6) is -0.0235. The fourth-order valence-electron chi connectivity index (χ4n) is 2.36. The van der Waals surface area contributed by atoms with E-state index in [9.17, 15) is 9.59 Å². The molecule has 0 saturated heterocycles. The number of pyridine rings is 1. The number of nitrogens with zero attached hydrogens (tertiary/aromatic N) is 3. The molecule has 22 heavy (non-hydrogen) atoms. The van der Waals surface area contributed by atoms with Crippen LogP contribution < -0.4 is 11.3 Å². The van der Waals surface area contributed by atoms with Crippen molar-refractivity contribution in [2.24, 2.45) is 11.7 Å². The number of rotatable bonds is 6. The summed E-state index contributed by atoms with van der Waals surface area (Å²) in [6.07, 6.45) is 1.53. The Kier molecular flexibility index (Phi) is 5.15. The van der Waals surface area contributed by atoms with Crippen molar-refractivity contribution in [1.82, 2.24) is 14.3 Å². The number of hydrogen-bond acceptors (Lipinski definition) is 4. The Hall–Kier alpha value is -1.92. The van der Waals surface area contributed by atoms with Crippen molar-refractivity contribution in [2.45, 2.75) is 20.4 Å². The van der Waals surface area contributed by atoms with Crippen LogP contribution in [0.25, 0.3) is 5.65 Å². The zero-order valence-electron chi connectivity index (χ0n) is 12.6. The van der Waals surface area contributed by atoms with Crippen molar-refractivity contribution in [3.63, 3.8) is 0 Å². The molecular formula is C15H19ClN4O2. The maximum atomic E-state index is 12.1. The molecule has 118 valence electrons. The molecule has 0 aliphatic heterocycles. The summed E-state index contributed by atoms with van der Waals surface area (Å²) in [5, 5.41) is 0.472. The van der Waals surface area contributed by atoms with E-state index >= 15 is 0 Å². The van der Waals surface area contributed by atoms with Gasteiger partial charge in [0.05, 0.1) is 17.3 Å². The van der Waals surface area contributed by atoms with Crippen LogP contribution >= 0.6 is 11.6 Å². The molecule has 0 unspecified atom stereocenters. The highest BCUT2D eigenvalue weighted by molar-refractivity contribution is 6.30. The predicted octanol–water partition coefficient (Wildman–Crippen LogP) is 1.29. The van der Waals surface area contributed by atoms with Gasteiger partial charge in [-0.2, -0.15) is 0 Å². The summed E-state index contributed by atoms with van der Waals surface area (Å²) in [6.45, 7) is 5.34. The van der Waals surface area contributed by atoms with Crippen LogP contribution in [0.1, 0.15) is 19.5 Å². The van der Waals surface area contributed by atoms with Crippen molar-refractivity contribution in [1.29, 1.82) is 0 Å². The Balaban J connectivity index is 2.31. The minimum Gasteiger partial charge on any atom is -0.369 e. The van der Waals surface area contributed by atoms with E-state index < -0.39 is 5.91 Å². The molecule has 0 aliphatic carbocycles. The number of fused-ring (bicyclic) bond motifs is 1. The Morgan fingerprint density at radius 2 is 2.18 bits per heavy atom. The van der Waals surface area contributed by atoms with Crippen LogP contribution in [0, 0.1) is 5.92 Å². The van der Waals surface area contributed by atoms with Gasteiger partial charge in [-0.1, -0.05) is 25.4 Å². The van der Waals surface area contributed by atoms with E-state index in [1.807, 2.05) is 4.90 Å². The smallest absolute Gasteiger partial charge is 0.258 e. The molecule has 2 heterocycles. The number of carbonyl (C=O) groups excluding carboxylic acids is 1. The van der Waals surface area contributed by atoms with Gasteiger partial charge >= 0.3 is 0 Å². The standard InChI is InChI=1S/C15H19ClN4O2/c1-10(2)6-19(9-13(17)21)8-12-5-15(22)20-7-11(16)3-4-14(20)18-12/h3-5,7,10H,6,8-9H2,1-2H3,(H2,17,21). The van der Waals surface area contributed by atoms with E-state index in [1.54, 1.807) is 12.1 Å². The summed E-state index contributed by atoms with van der Waals surface area (Å²) < 4.78 is 1.40. The van der Waals surface area contributed by atoms with Gasteiger partial charge < -0.3 is 5.73 Å². The van der Waals surface area contributed by atoms with Gasteiger partial charge in [0, 0.05) is 25.4 Å². The van der Waals surface area contributed by atoms with Crippen molar-refractivity contribution in [2.75, 3.05) is 13.1 Å². The monoisotopic (exact) mass is 322 g/mol. The predicted molar refractivity (Wildman–Crippen MR) is 85.8 cm³/mol. The zero-order valence-corrected chi connectivity index (χ0v) is 13.4. The number of aromatic nitrogens is 2. The average Bonchev–Trinajstić information content (AvgIpc) is 2.38. The first-order valence-corrected chi connectivity index (χ1v) is 7.41. The molecule has 0 atom stereocenters. The number of carbonyl (C=O) groups is 1. The molecule has 0 radical (unpaired) electrons. The second kappa shape index (κ2) is 6.89. The van der Waals surface area contributed by atoms with Gasteiger partial charge in [-0.15, -0.1) is 0 Å². The number of nitrogens with two attached hydrogens (primary N) is 1. The minimum atomic E-state index is -0.398. The van der Waals surface area contributed by atoms with Crippen LogP contribution in [0.15, 0.2) is 29.2 Å². The highest BCUT2D eigenvalue weighted by Gasteiger charge is 2.13. The first kappa shape index (κ1) is 16.5. The fraction of sp³-hybridized carbons (Fsp3) is 0.400. The van der Waals surface area contributed by atoms with Crippen LogP contribution in [0.5, 0.6) is 0 Å². The summed E-state index contributed by atoms with van der Waals surface area (Å²) in [6, 6.07) is 4.83. The normalized spacial score (nSPS) is 11.5. The largest absolute Gasteiger partial charge is 0.369 e. The van der Waals surface area contributed by atoms with Crippen molar-refractivity contribution >= 4 is 23.2 Å². The third-order valence-electron chi connectivity index (χ3n) is 3.06. The van der Waals surface area contributed by atoms with Gasteiger partial charge in [0.2, 0.25) is 5.91 Å². The third kappa shape index (κ3) is 4.29. The Morgan fingerprint density at radius 1 is 1.45 bits per heavy atom. The van der Waals surface area contributed by atoms with E-state index in [2.05, 4.69) is 18.8 Å². The molecule has 0 spiro atoms. The van der Waals surface area contributed by atoms with E-state index in [4.69, 9.17) is 17.3 Å². The maximum absolute atomic E-state index is 12.1. The van der Waals surface area contributed by atoms with Crippen molar-refractivity contribution in [3.8, 4) is 0 Å². The topological polar surface area (TPSA) is 80.7 Å². The molecule has 7 heteroatoms. The van der Waals surface area contributed by atoms with Crippen LogP contribution in [-0.4, -0.2) is 33.3 Å². The van der Waals surface area contributed by atoms with E-state index in [1.165, 1.54) is 16.7 Å². The van der Waals surface area contributed by atoms with Gasteiger partial charge in [0.1, 0.15) is 5.65 Å². The highest BCUT2D eigenvalue weighted by Crippen LogP contribution is 2.10. The lowest BCUT2D eigenvalue weighted by Gasteiger charge is -2.22. The molecule has 2 N–H and O–H groups in total. The summed E-state index contributed by atoms with van der Waals surface area (Å²) in [7, 11) is 0. The third-order valence-corrected chi connectivity index (χ3v) is 3.29. The van der Waals surface area contributed by atoms with Crippen molar-refractivity contribution in [3.05, 3.63) is 45.5 Å². The molecule has 0 fully saturated rings. The van der Waals surface area contributed by atoms with Crippen LogP contribution in [0.4, 0.5) is 0 Å². The van der Waals surface area contributed by atoms with Gasteiger partial charge in [0.25, 0.3) is 5.56 Å². The molecule has 0 bridgehead atoms. The van der Waals surface area contributed by atoms with Crippen molar-refractivity contribution < 1.29 is 4.79 Å². The van der Waals surface area contributed by atoms with Crippen LogP contribution in [-0.2, 0) is 11.3 Å². The number of amides is 1. The Labute approximate surface area is 133 Å². The van der Waals surface area contributed by atoms with E-state index in [0.29, 0.717) is 35.4 Å². The molecule has 2 rings (SSSR count). The molecule has 0 aromatic carbocycles. The minimum absolute atomic E-state index is 0.139. The highest BCUT2D eigenvalue weighted by atomic mass is 35.5. The lowest BCUT2D eigenvalue weighted by molar-refractivity contribution is -0.119. The molecule has 0 aliphatic rings. The Morgan fingerprint density at radius 3 is 2.82 bits per heavy atom. The first-order chi connectivity index (χ1) is 10.3. The fourth-order valence-corrected chi connectivity index (χ4v) is 2.52. The second-order valence-corrected chi connectivity index (χ2v) is 6.13. The Bertz CT molecular complexity index is 742. The van der Waals surface area contributed by atoms with Gasteiger partial charge in [-0.3, -0.25) is 18.9 Å². The molecule has 0 saturated carbocycles. The quantitative estimate of drug-likeness (QED) is 0.869. The molecule has 1 amide bonds. The molecule has 6 nitrogen and oxygen atoms in total. The van der Waals surface area contributed by atoms with Gasteiger partial charge in [0.15, 0.2) is 0 Å². The van der Waals surface area contributed by atoms with Crippen LogP contribution in [0.3, 0.4) is 0 Å². The average molecular weight is 323 g/mol. The molecule has 2 aromatic rings. The van der Waals surface area contributed by atoms with E-state index in [0.717, 1.165) is 0 Å². The second-order valence-electron chi connectivity index (χ2n) is 5.69. The lowest BCUT2D eigenvalue weighted by Crippen LogP contribution is -2.36. The maximum Gasteiger partial charge on any atom is 0.258 e. The lowest BCUT2D eigenvalue weighted by atomic mass is 10.2. The molecule has 2 aromatic heterocycles. The first-order valence-electron chi connectivity index (χ1n) is 7.03.